The summed E-state index contributed by atoms with van der Waals surface area (Å²) in [6.07, 6.45) is 1.18. The Morgan fingerprint density at radius 3 is 2.79 bits per heavy atom. The van der Waals surface area contributed by atoms with Gasteiger partial charge in [-0.15, -0.1) is 0 Å². The van der Waals surface area contributed by atoms with Crippen molar-refractivity contribution in [3.63, 3.8) is 0 Å². The van der Waals surface area contributed by atoms with Crippen LogP contribution < -0.4 is 5.32 Å². The Morgan fingerprint density at radius 1 is 1.43 bits per heavy atom. The van der Waals surface area contributed by atoms with E-state index in [0.717, 1.165) is 6.54 Å². The van der Waals surface area contributed by atoms with Crippen molar-refractivity contribution in [1.29, 1.82) is 0 Å². The topological polar surface area (TPSA) is 12.0 Å². The minimum Gasteiger partial charge on any atom is -0.310 e. The molecule has 0 bridgehead atoms. The molecule has 1 aromatic carbocycles. The van der Waals surface area contributed by atoms with Crippen LogP contribution in [0.2, 0.25) is 0 Å². The van der Waals surface area contributed by atoms with Gasteiger partial charge in [0.2, 0.25) is 0 Å². The second-order valence-corrected chi connectivity index (χ2v) is 4.48. The third-order valence-electron chi connectivity index (χ3n) is 2.48. The number of benzene rings is 1. The standard InChI is InChI=1S/C12H18BrN/c1-4-8-14-10(3)11-6-5-7-12(13)9(11)2/h5-7,10,14H,4,8H2,1-3H3. The smallest absolute Gasteiger partial charge is 0.0294 e. The van der Waals surface area contributed by atoms with Crippen molar-refractivity contribution in [1.82, 2.24) is 5.32 Å². The zero-order valence-electron chi connectivity index (χ0n) is 9.10. The predicted molar refractivity (Wildman–Crippen MR) is 65.6 cm³/mol. The molecule has 0 amide bonds. The molecule has 0 fully saturated rings. The van der Waals surface area contributed by atoms with Crippen LogP contribution in [0.15, 0.2) is 22.7 Å². The highest BCUT2D eigenvalue weighted by molar-refractivity contribution is 9.10. The molecule has 1 unspecified atom stereocenters. The maximum Gasteiger partial charge on any atom is 0.0294 e. The van der Waals surface area contributed by atoms with Gasteiger partial charge < -0.3 is 5.32 Å². The molecule has 1 nitrogen and oxygen atoms in total. The SMILES string of the molecule is CCCNC(C)c1cccc(Br)c1C. The average molecular weight is 256 g/mol. The van der Waals surface area contributed by atoms with E-state index in [1.54, 1.807) is 0 Å². The largest absolute Gasteiger partial charge is 0.310 e. The van der Waals surface area contributed by atoms with E-state index < -0.39 is 0 Å². The molecule has 0 aromatic heterocycles. The van der Waals surface area contributed by atoms with E-state index in [4.69, 9.17) is 0 Å². The van der Waals surface area contributed by atoms with Crippen molar-refractivity contribution in [3.8, 4) is 0 Å². The first-order valence-corrected chi connectivity index (χ1v) is 5.94. The summed E-state index contributed by atoms with van der Waals surface area (Å²) in [5.74, 6) is 0. The van der Waals surface area contributed by atoms with Crippen LogP contribution in [0.5, 0.6) is 0 Å². The number of nitrogens with one attached hydrogen (secondary N) is 1. The summed E-state index contributed by atoms with van der Waals surface area (Å²) in [6, 6.07) is 6.81. The van der Waals surface area contributed by atoms with Crippen molar-refractivity contribution in [2.45, 2.75) is 33.2 Å². The molecule has 1 atom stereocenters. The van der Waals surface area contributed by atoms with Crippen LogP contribution in [-0.2, 0) is 0 Å². The van der Waals surface area contributed by atoms with Gasteiger partial charge in [0, 0.05) is 10.5 Å². The number of halogens is 1. The molecule has 14 heavy (non-hydrogen) atoms. The molecule has 0 heterocycles. The Balaban J connectivity index is 2.79. The van der Waals surface area contributed by atoms with Gasteiger partial charge in [0.05, 0.1) is 0 Å². The monoisotopic (exact) mass is 255 g/mol. The van der Waals surface area contributed by atoms with Crippen LogP contribution >= 0.6 is 15.9 Å². The van der Waals surface area contributed by atoms with Gasteiger partial charge in [0.25, 0.3) is 0 Å². The highest BCUT2D eigenvalue weighted by atomic mass is 79.9. The van der Waals surface area contributed by atoms with Gasteiger partial charge in [0.15, 0.2) is 0 Å². The zero-order chi connectivity index (χ0) is 10.6. The summed E-state index contributed by atoms with van der Waals surface area (Å²) < 4.78 is 1.19. The normalized spacial score (nSPS) is 12.9. The van der Waals surface area contributed by atoms with Crippen molar-refractivity contribution >= 4 is 15.9 Å². The van der Waals surface area contributed by atoms with Gasteiger partial charge in [-0.3, -0.25) is 0 Å². The van der Waals surface area contributed by atoms with E-state index in [1.807, 2.05) is 0 Å². The fraction of sp³-hybridized carbons (Fsp3) is 0.500. The Bertz CT molecular complexity index is 296. The number of hydrogen-bond donors (Lipinski definition) is 1. The minimum atomic E-state index is 0.437. The third-order valence-corrected chi connectivity index (χ3v) is 3.34. The first kappa shape index (κ1) is 11.7. The quantitative estimate of drug-likeness (QED) is 0.863. The fourth-order valence-electron chi connectivity index (χ4n) is 1.56. The van der Waals surface area contributed by atoms with Gasteiger partial charge in [-0.25, -0.2) is 0 Å². The van der Waals surface area contributed by atoms with Gasteiger partial charge in [-0.1, -0.05) is 35.0 Å². The summed E-state index contributed by atoms with van der Waals surface area (Å²) in [4.78, 5) is 0. The molecular formula is C12H18BrN. The van der Waals surface area contributed by atoms with Gasteiger partial charge >= 0.3 is 0 Å². The van der Waals surface area contributed by atoms with E-state index >= 15 is 0 Å². The molecule has 0 saturated carbocycles. The molecule has 1 N–H and O–H groups in total. The molecule has 0 radical (unpaired) electrons. The second-order valence-electron chi connectivity index (χ2n) is 3.63. The van der Waals surface area contributed by atoms with Crippen LogP contribution in [0, 0.1) is 6.92 Å². The lowest BCUT2D eigenvalue weighted by molar-refractivity contribution is 0.568. The lowest BCUT2D eigenvalue weighted by atomic mass is 10.0. The van der Waals surface area contributed by atoms with Crippen LogP contribution in [-0.4, -0.2) is 6.54 Å². The van der Waals surface area contributed by atoms with Crippen LogP contribution in [0.4, 0.5) is 0 Å². The second kappa shape index (κ2) is 5.52. The highest BCUT2D eigenvalue weighted by Gasteiger charge is 2.08. The van der Waals surface area contributed by atoms with Crippen LogP contribution in [0.25, 0.3) is 0 Å². The van der Waals surface area contributed by atoms with Gasteiger partial charge in [-0.2, -0.15) is 0 Å². The lowest BCUT2D eigenvalue weighted by Crippen LogP contribution is -2.20. The fourth-order valence-corrected chi connectivity index (χ4v) is 1.95. The van der Waals surface area contributed by atoms with Crippen LogP contribution in [0.3, 0.4) is 0 Å². The first-order valence-electron chi connectivity index (χ1n) is 5.15. The third kappa shape index (κ3) is 2.82. The predicted octanol–water partition coefficient (Wildman–Crippen LogP) is 3.82. The van der Waals surface area contributed by atoms with E-state index in [2.05, 4.69) is 60.2 Å². The van der Waals surface area contributed by atoms with E-state index in [-0.39, 0.29) is 0 Å². The summed E-state index contributed by atoms with van der Waals surface area (Å²) in [5, 5.41) is 3.50. The first-order chi connectivity index (χ1) is 6.66. The minimum absolute atomic E-state index is 0.437. The van der Waals surface area contributed by atoms with E-state index in [0.29, 0.717) is 6.04 Å². The summed E-state index contributed by atoms with van der Waals surface area (Å²) in [5.41, 5.74) is 2.72. The molecule has 0 aliphatic heterocycles. The average Bonchev–Trinajstić information content (AvgIpc) is 2.18. The molecule has 0 spiro atoms. The van der Waals surface area contributed by atoms with E-state index in [9.17, 15) is 0 Å². The van der Waals surface area contributed by atoms with Crippen molar-refractivity contribution in [2.75, 3.05) is 6.54 Å². The Labute approximate surface area is 95.0 Å². The highest BCUT2D eigenvalue weighted by Crippen LogP contribution is 2.24. The molecule has 0 aliphatic carbocycles. The molecule has 78 valence electrons. The Morgan fingerprint density at radius 2 is 2.14 bits per heavy atom. The molecule has 0 aliphatic rings. The maximum absolute atomic E-state index is 3.55. The zero-order valence-corrected chi connectivity index (χ0v) is 10.7. The van der Waals surface area contributed by atoms with Crippen molar-refractivity contribution in [3.05, 3.63) is 33.8 Å². The molecule has 1 aromatic rings. The van der Waals surface area contributed by atoms with Gasteiger partial charge in [0.1, 0.15) is 0 Å². The van der Waals surface area contributed by atoms with Crippen molar-refractivity contribution < 1.29 is 0 Å². The lowest BCUT2D eigenvalue weighted by Gasteiger charge is -2.16. The summed E-state index contributed by atoms with van der Waals surface area (Å²) >= 11 is 3.55. The molecular weight excluding hydrogens is 238 g/mol. The number of rotatable bonds is 4. The van der Waals surface area contributed by atoms with Crippen LogP contribution in [0.1, 0.15) is 37.4 Å². The molecule has 0 saturated heterocycles. The Hall–Kier alpha value is -0.340. The number of hydrogen-bond acceptors (Lipinski definition) is 1. The summed E-state index contributed by atoms with van der Waals surface area (Å²) in [7, 11) is 0. The molecule has 2 heteroatoms. The van der Waals surface area contributed by atoms with Crippen molar-refractivity contribution in [2.24, 2.45) is 0 Å². The Kier molecular flexibility index (Phi) is 4.63. The van der Waals surface area contributed by atoms with Gasteiger partial charge in [-0.05, 0) is 44.0 Å². The molecule has 1 rings (SSSR count). The summed E-state index contributed by atoms with van der Waals surface area (Å²) in [6.45, 7) is 7.63. The van der Waals surface area contributed by atoms with E-state index in [1.165, 1.54) is 22.0 Å². The maximum atomic E-state index is 3.55.